The van der Waals surface area contributed by atoms with Crippen LogP contribution in [0.5, 0.6) is 0 Å². The van der Waals surface area contributed by atoms with E-state index in [-0.39, 0.29) is 11.9 Å². The Bertz CT molecular complexity index is 368. The lowest BCUT2D eigenvalue weighted by Gasteiger charge is -2.17. The van der Waals surface area contributed by atoms with Crippen molar-refractivity contribution in [1.82, 2.24) is 10.5 Å². The number of amides is 1. The molecule has 1 unspecified atom stereocenters. The molecule has 0 bridgehead atoms. The molecular formula is C12H21N3O2. The number of nitrogens with zero attached hydrogens (tertiary/aromatic N) is 1. The number of rotatable bonds is 5. The Morgan fingerprint density at radius 2 is 2.18 bits per heavy atom. The maximum absolute atomic E-state index is 11.8. The number of hydrogen-bond acceptors (Lipinski definition) is 4. The van der Waals surface area contributed by atoms with Crippen molar-refractivity contribution < 1.29 is 9.32 Å². The van der Waals surface area contributed by atoms with Crippen LogP contribution in [0.4, 0.5) is 0 Å². The average molecular weight is 239 g/mol. The predicted octanol–water partition coefficient (Wildman–Crippen LogP) is 1.60. The molecule has 0 saturated heterocycles. The van der Waals surface area contributed by atoms with Crippen LogP contribution in [0.2, 0.25) is 0 Å². The second kappa shape index (κ2) is 5.82. The Morgan fingerprint density at radius 3 is 2.65 bits per heavy atom. The second-order valence-corrected chi connectivity index (χ2v) is 4.36. The minimum absolute atomic E-state index is 0.126. The first kappa shape index (κ1) is 13.7. The fourth-order valence-electron chi connectivity index (χ4n) is 1.94. The van der Waals surface area contributed by atoms with Crippen molar-refractivity contribution in [3.63, 3.8) is 0 Å². The summed E-state index contributed by atoms with van der Waals surface area (Å²) in [5, 5.41) is 6.75. The zero-order valence-electron chi connectivity index (χ0n) is 10.9. The largest absolute Gasteiger partial charge is 0.361 e. The number of nitrogens with two attached hydrogens (primary N) is 1. The molecule has 1 aromatic heterocycles. The number of carbonyl (C=O) groups is 1. The molecule has 1 aromatic rings. The molecule has 0 spiro atoms. The highest BCUT2D eigenvalue weighted by molar-refractivity contribution is 5.81. The summed E-state index contributed by atoms with van der Waals surface area (Å²) in [5.74, 6) is 0.610. The van der Waals surface area contributed by atoms with Crippen molar-refractivity contribution in [3.8, 4) is 0 Å². The van der Waals surface area contributed by atoms with Crippen molar-refractivity contribution in [2.75, 3.05) is 0 Å². The molecule has 0 aliphatic rings. The van der Waals surface area contributed by atoms with Gasteiger partial charge in [0.2, 0.25) is 5.91 Å². The first-order chi connectivity index (χ1) is 7.97. The van der Waals surface area contributed by atoms with Gasteiger partial charge >= 0.3 is 0 Å². The summed E-state index contributed by atoms with van der Waals surface area (Å²) in [7, 11) is 0. The Balaban J connectivity index is 2.66. The predicted molar refractivity (Wildman–Crippen MR) is 65.4 cm³/mol. The summed E-state index contributed by atoms with van der Waals surface area (Å²) in [4.78, 5) is 11.8. The number of nitrogens with one attached hydrogen (secondary N) is 1. The summed E-state index contributed by atoms with van der Waals surface area (Å²) in [6, 6.07) is -0.570. The fraction of sp³-hybridized carbons (Fsp3) is 0.667. The molecule has 0 aliphatic heterocycles. The molecule has 5 nitrogen and oxygen atoms in total. The number of hydrogen-bond donors (Lipinski definition) is 2. The minimum atomic E-state index is -0.442. The molecule has 3 N–H and O–H groups in total. The lowest BCUT2D eigenvalue weighted by Crippen LogP contribution is -2.41. The van der Waals surface area contributed by atoms with Crippen LogP contribution in [0.25, 0.3) is 0 Å². The molecule has 17 heavy (non-hydrogen) atoms. The van der Waals surface area contributed by atoms with Crippen molar-refractivity contribution in [1.29, 1.82) is 0 Å². The van der Waals surface area contributed by atoms with E-state index in [0.29, 0.717) is 6.42 Å². The third kappa shape index (κ3) is 3.30. The van der Waals surface area contributed by atoms with Gasteiger partial charge in [-0.3, -0.25) is 4.79 Å². The van der Waals surface area contributed by atoms with Gasteiger partial charge in [-0.05, 0) is 27.2 Å². The summed E-state index contributed by atoms with van der Waals surface area (Å²) >= 11 is 0. The molecule has 0 aliphatic carbocycles. The Labute approximate surface area is 102 Å². The van der Waals surface area contributed by atoms with E-state index in [0.717, 1.165) is 23.4 Å². The van der Waals surface area contributed by atoms with Crippen LogP contribution in [0.1, 0.15) is 49.7 Å². The molecule has 5 heteroatoms. The van der Waals surface area contributed by atoms with Gasteiger partial charge < -0.3 is 15.6 Å². The van der Waals surface area contributed by atoms with Crippen molar-refractivity contribution in [3.05, 3.63) is 17.0 Å². The van der Waals surface area contributed by atoms with Crippen LogP contribution in [0.15, 0.2) is 4.52 Å². The normalized spacial score (nSPS) is 14.4. The van der Waals surface area contributed by atoms with E-state index in [1.54, 1.807) is 0 Å². The van der Waals surface area contributed by atoms with Crippen molar-refractivity contribution in [2.24, 2.45) is 5.73 Å². The lowest BCUT2D eigenvalue weighted by molar-refractivity contribution is -0.123. The fourth-order valence-corrected chi connectivity index (χ4v) is 1.94. The number of carbonyl (C=O) groups excluding carboxylic acids is 1. The van der Waals surface area contributed by atoms with Crippen LogP contribution >= 0.6 is 0 Å². The smallest absolute Gasteiger partial charge is 0.237 e. The van der Waals surface area contributed by atoms with Gasteiger partial charge in [-0.25, -0.2) is 0 Å². The van der Waals surface area contributed by atoms with Crippen molar-refractivity contribution >= 4 is 5.91 Å². The summed E-state index contributed by atoms with van der Waals surface area (Å²) in [6.07, 6.45) is 1.59. The molecule has 0 saturated carbocycles. The highest BCUT2D eigenvalue weighted by Crippen LogP contribution is 2.20. The Morgan fingerprint density at radius 1 is 1.53 bits per heavy atom. The molecule has 1 amide bonds. The van der Waals surface area contributed by atoms with Gasteiger partial charge in [-0.15, -0.1) is 0 Å². The molecule has 2 atom stereocenters. The van der Waals surface area contributed by atoms with Gasteiger partial charge in [0.05, 0.1) is 17.8 Å². The quantitative estimate of drug-likeness (QED) is 0.817. The molecule has 96 valence electrons. The molecule has 0 radical (unpaired) electrons. The highest BCUT2D eigenvalue weighted by atomic mass is 16.5. The average Bonchev–Trinajstić information content (AvgIpc) is 2.58. The minimum Gasteiger partial charge on any atom is -0.361 e. The van der Waals surface area contributed by atoms with E-state index >= 15 is 0 Å². The number of aryl methyl sites for hydroxylation is 2. The van der Waals surface area contributed by atoms with Crippen LogP contribution < -0.4 is 11.1 Å². The Kier molecular flexibility index (Phi) is 4.69. The van der Waals surface area contributed by atoms with Gasteiger partial charge in [-0.1, -0.05) is 18.5 Å². The topological polar surface area (TPSA) is 81.2 Å². The van der Waals surface area contributed by atoms with Gasteiger partial charge in [-0.2, -0.15) is 0 Å². The van der Waals surface area contributed by atoms with Crippen LogP contribution in [0.3, 0.4) is 0 Å². The van der Waals surface area contributed by atoms with E-state index in [9.17, 15) is 4.79 Å². The third-order valence-electron chi connectivity index (χ3n) is 2.82. The van der Waals surface area contributed by atoms with Gasteiger partial charge in [0.25, 0.3) is 0 Å². The van der Waals surface area contributed by atoms with Gasteiger partial charge in [0.1, 0.15) is 5.76 Å². The Hall–Kier alpha value is -1.36. The van der Waals surface area contributed by atoms with E-state index in [2.05, 4.69) is 10.5 Å². The van der Waals surface area contributed by atoms with Crippen LogP contribution in [-0.4, -0.2) is 17.1 Å². The van der Waals surface area contributed by atoms with Crippen LogP contribution in [-0.2, 0) is 4.79 Å². The summed E-state index contributed by atoms with van der Waals surface area (Å²) < 4.78 is 5.07. The molecule has 1 heterocycles. The van der Waals surface area contributed by atoms with E-state index in [1.807, 2.05) is 27.7 Å². The van der Waals surface area contributed by atoms with Crippen molar-refractivity contribution in [2.45, 2.75) is 52.6 Å². The monoisotopic (exact) mass is 239 g/mol. The van der Waals surface area contributed by atoms with Crippen LogP contribution in [0, 0.1) is 13.8 Å². The first-order valence-electron chi connectivity index (χ1n) is 5.96. The maximum atomic E-state index is 11.8. The summed E-state index contributed by atoms with van der Waals surface area (Å²) in [5.41, 5.74) is 7.49. The maximum Gasteiger partial charge on any atom is 0.237 e. The molecular weight excluding hydrogens is 218 g/mol. The highest BCUT2D eigenvalue weighted by Gasteiger charge is 2.20. The van der Waals surface area contributed by atoms with Gasteiger partial charge in [0.15, 0.2) is 0 Å². The van der Waals surface area contributed by atoms with E-state index in [4.69, 9.17) is 10.3 Å². The SMILES string of the molecule is CCC[C@@H](N)C(=O)NC(C)c1c(C)noc1C. The first-order valence-corrected chi connectivity index (χ1v) is 5.96. The molecule has 1 rings (SSSR count). The molecule has 0 fully saturated rings. The lowest BCUT2D eigenvalue weighted by atomic mass is 10.1. The van der Waals surface area contributed by atoms with E-state index < -0.39 is 6.04 Å². The second-order valence-electron chi connectivity index (χ2n) is 4.36. The molecule has 0 aromatic carbocycles. The van der Waals surface area contributed by atoms with Gasteiger partial charge in [0, 0.05) is 5.56 Å². The third-order valence-corrected chi connectivity index (χ3v) is 2.82. The standard InChI is InChI=1S/C12H21N3O2/c1-5-6-10(13)12(16)14-7(2)11-8(3)15-17-9(11)4/h7,10H,5-6,13H2,1-4H3,(H,14,16)/t7?,10-/m1/s1. The summed E-state index contributed by atoms with van der Waals surface area (Å²) in [6.45, 7) is 7.61. The zero-order valence-corrected chi connectivity index (χ0v) is 10.9. The number of aromatic nitrogens is 1. The van der Waals surface area contributed by atoms with E-state index in [1.165, 1.54) is 0 Å². The zero-order chi connectivity index (χ0) is 13.0.